The molecule has 1 fully saturated rings. The van der Waals surface area contributed by atoms with Crippen LogP contribution in [-0.2, 0) is 19.2 Å². The van der Waals surface area contributed by atoms with E-state index < -0.39 is 41.9 Å². The van der Waals surface area contributed by atoms with Gasteiger partial charge in [-0.1, -0.05) is 11.2 Å². The van der Waals surface area contributed by atoms with Crippen molar-refractivity contribution in [3.05, 3.63) is 52.4 Å². The number of oxime groups is 1. The van der Waals surface area contributed by atoms with Crippen LogP contribution in [0.1, 0.15) is 5.69 Å². The molecule has 2 atom stereocenters. The summed E-state index contributed by atoms with van der Waals surface area (Å²) in [5.41, 5.74) is 5.27. The number of hydrogen-bond donors (Lipinski definition) is 3. The maximum Gasteiger partial charge on any atom is 0.352 e. The number of fused-ring (bicyclic) bond motifs is 1. The summed E-state index contributed by atoms with van der Waals surface area (Å²) in [5, 5.41) is 16.5. The van der Waals surface area contributed by atoms with Crippen LogP contribution in [0.2, 0.25) is 0 Å². The zero-order chi connectivity index (χ0) is 25.1. The van der Waals surface area contributed by atoms with E-state index in [2.05, 4.69) is 20.3 Å². The number of hydrogen-bond acceptors (Lipinski definition) is 10. The molecule has 2 aliphatic rings. The zero-order valence-electron chi connectivity index (χ0n) is 17.6. The second-order valence-electron chi connectivity index (χ2n) is 7.11. The van der Waals surface area contributed by atoms with Crippen molar-refractivity contribution in [1.82, 2.24) is 15.2 Å². The SMILES string of the molecule is Nc1nc(/C(=N\OCF)C(=O)NC2C(=O)N3C(C(=O)O)=C(COc4cccc(F)c4)CS[C@H]23)cs1. The maximum absolute atomic E-state index is 13.4. The highest BCUT2D eigenvalue weighted by Crippen LogP contribution is 2.40. The molecule has 0 radical (unpaired) electrons. The van der Waals surface area contributed by atoms with E-state index in [1.807, 2.05) is 0 Å². The number of aromatic nitrogens is 1. The fourth-order valence-electron chi connectivity index (χ4n) is 3.42. The van der Waals surface area contributed by atoms with Gasteiger partial charge in [0.25, 0.3) is 18.7 Å². The van der Waals surface area contributed by atoms with Crippen LogP contribution < -0.4 is 15.8 Å². The number of nitrogen functional groups attached to an aromatic ring is 1. The molecule has 4 rings (SSSR count). The molecule has 35 heavy (non-hydrogen) atoms. The zero-order valence-corrected chi connectivity index (χ0v) is 19.3. The van der Waals surface area contributed by atoms with Crippen LogP contribution in [-0.4, -0.2) is 69.1 Å². The molecule has 0 spiro atoms. The van der Waals surface area contributed by atoms with Gasteiger partial charge in [0.1, 0.15) is 41.0 Å². The third-order valence-corrected chi connectivity index (χ3v) is 6.94. The van der Waals surface area contributed by atoms with Crippen LogP contribution in [0, 0.1) is 5.82 Å². The Morgan fingerprint density at radius 2 is 2.20 bits per heavy atom. The number of alkyl halides is 1. The molecule has 0 aliphatic carbocycles. The molecule has 184 valence electrons. The fraction of sp³-hybridized carbons (Fsp3) is 0.250. The molecular weight excluding hydrogens is 508 g/mol. The van der Waals surface area contributed by atoms with Crippen LogP contribution in [0.25, 0.3) is 0 Å². The number of β-lactam (4-membered cyclic amide) rings is 1. The van der Waals surface area contributed by atoms with Gasteiger partial charge in [-0.15, -0.1) is 23.1 Å². The van der Waals surface area contributed by atoms with Gasteiger partial charge in [-0.25, -0.2) is 18.6 Å². The van der Waals surface area contributed by atoms with Crippen LogP contribution in [0.15, 0.2) is 46.1 Å². The van der Waals surface area contributed by atoms with Crippen molar-refractivity contribution in [2.75, 3.05) is 25.0 Å². The Kier molecular flexibility index (Phi) is 7.16. The number of ether oxygens (including phenoxy) is 1. The molecule has 1 aromatic heterocycles. The highest BCUT2D eigenvalue weighted by Gasteiger charge is 2.54. The van der Waals surface area contributed by atoms with E-state index in [1.165, 1.54) is 35.3 Å². The molecule has 11 nitrogen and oxygen atoms in total. The second kappa shape index (κ2) is 10.3. The lowest BCUT2D eigenvalue weighted by atomic mass is 10.0. The topological polar surface area (TPSA) is 156 Å². The van der Waals surface area contributed by atoms with Crippen LogP contribution >= 0.6 is 23.1 Å². The predicted molar refractivity (Wildman–Crippen MR) is 122 cm³/mol. The summed E-state index contributed by atoms with van der Waals surface area (Å²) in [5.74, 6) is -3.00. The number of nitrogens with two attached hydrogens (primary N) is 1. The van der Waals surface area contributed by atoms with Gasteiger partial charge >= 0.3 is 5.97 Å². The largest absolute Gasteiger partial charge is 0.489 e. The number of carboxylic acid groups (broad SMARTS) is 1. The summed E-state index contributed by atoms with van der Waals surface area (Å²) in [6.07, 6.45) is 0. The maximum atomic E-state index is 13.4. The number of nitrogens with one attached hydrogen (secondary N) is 1. The third-order valence-electron chi connectivity index (χ3n) is 4.93. The predicted octanol–water partition coefficient (Wildman–Crippen LogP) is 1.33. The number of aliphatic carboxylic acids is 1. The number of carbonyl (C=O) groups excluding carboxylic acids is 2. The van der Waals surface area contributed by atoms with Crippen molar-refractivity contribution in [2.45, 2.75) is 11.4 Å². The minimum Gasteiger partial charge on any atom is -0.489 e. The molecule has 1 aromatic carbocycles. The molecule has 2 aromatic rings. The smallest absolute Gasteiger partial charge is 0.352 e. The molecule has 1 unspecified atom stereocenters. The Bertz CT molecular complexity index is 1240. The summed E-state index contributed by atoms with van der Waals surface area (Å²) in [6, 6.07) is 4.30. The summed E-state index contributed by atoms with van der Waals surface area (Å²) < 4.78 is 31.3. The summed E-state index contributed by atoms with van der Waals surface area (Å²) in [7, 11) is 0. The summed E-state index contributed by atoms with van der Waals surface area (Å²) >= 11 is 2.24. The normalized spacial score (nSPS) is 19.7. The lowest BCUT2D eigenvalue weighted by molar-refractivity contribution is -0.150. The monoisotopic (exact) mass is 525 g/mol. The summed E-state index contributed by atoms with van der Waals surface area (Å²) in [4.78, 5) is 46.9. The van der Waals surface area contributed by atoms with Gasteiger partial charge in [-0.2, -0.15) is 0 Å². The molecule has 2 amide bonds. The fourth-order valence-corrected chi connectivity index (χ4v) is 5.30. The first kappa shape index (κ1) is 24.4. The molecular formula is C20H17F2N5O6S2. The van der Waals surface area contributed by atoms with Crippen LogP contribution in [0.4, 0.5) is 13.9 Å². The van der Waals surface area contributed by atoms with Gasteiger partial charge in [-0.05, 0) is 12.1 Å². The average molecular weight is 526 g/mol. The number of halogens is 2. The molecule has 0 bridgehead atoms. The first-order valence-corrected chi connectivity index (χ1v) is 11.8. The highest BCUT2D eigenvalue weighted by molar-refractivity contribution is 8.00. The van der Waals surface area contributed by atoms with Gasteiger partial charge in [-0.3, -0.25) is 14.5 Å². The lowest BCUT2D eigenvalue weighted by Gasteiger charge is -2.49. The number of thioether (sulfide) groups is 1. The van der Waals surface area contributed by atoms with Gasteiger partial charge < -0.3 is 25.7 Å². The van der Waals surface area contributed by atoms with E-state index >= 15 is 0 Å². The minimum absolute atomic E-state index is 0.0290. The van der Waals surface area contributed by atoms with E-state index in [0.717, 1.165) is 22.3 Å². The first-order valence-electron chi connectivity index (χ1n) is 9.86. The standard InChI is InChI=1S/C20H17F2N5O6S2/c21-8-33-26-13(12-7-35-20(23)24-12)16(28)25-14-17(29)27-15(19(30)31)9(6-34-18(14)27)5-32-11-3-1-2-10(22)4-11/h1-4,7,14,18H,5-6,8H2,(H2,23,24)(H,25,28)(H,30,31)/b26-13+/t14?,18-/m1/s1. The van der Waals surface area contributed by atoms with E-state index in [-0.39, 0.29) is 40.3 Å². The van der Waals surface area contributed by atoms with Crippen molar-refractivity contribution in [1.29, 1.82) is 0 Å². The number of carboxylic acids is 1. The van der Waals surface area contributed by atoms with Gasteiger partial charge in [0.15, 0.2) is 10.8 Å². The second-order valence-corrected chi connectivity index (χ2v) is 9.11. The van der Waals surface area contributed by atoms with E-state index in [9.17, 15) is 28.3 Å². The molecule has 4 N–H and O–H groups in total. The van der Waals surface area contributed by atoms with Gasteiger partial charge in [0.05, 0.1) is 0 Å². The van der Waals surface area contributed by atoms with Crippen molar-refractivity contribution in [3.8, 4) is 5.75 Å². The van der Waals surface area contributed by atoms with Gasteiger partial charge in [0.2, 0.25) is 0 Å². The highest BCUT2D eigenvalue weighted by atomic mass is 32.2. The Morgan fingerprint density at radius 1 is 1.40 bits per heavy atom. The Hall–Kier alpha value is -3.72. The van der Waals surface area contributed by atoms with Crippen molar-refractivity contribution < 1.29 is 37.8 Å². The lowest BCUT2D eigenvalue weighted by Crippen LogP contribution is -2.71. The Morgan fingerprint density at radius 3 is 2.86 bits per heavy atom. The number of thiazole rings is 1. The third kappa shape index (κ3) is 5.05. The van der Waals surface area contributed by atoms with Crippen molar-refractivity contribution >= 4 is 51.7 Å². The number of nitrogens with zero attached hydrogens (tertiary/aromatic N) is 3. The number of amides is 2. The van der Waals surface area contributed by atoms with Crippen LogP contribution in [0.5, 0.6) is 5.75 Å². The Balaban J connectivity index is 1.49. The van der Waals surface area contributed by atoms with E-state index in [1.54, 1.807) is 0 Å². The molecule has 15 heteroatoms. The van der Waals surface area contributed by atoms with Crippen molar-refractivity contribution in [3.63, 3.8) is 0 Å². The van der Waals surface area contributed by atoms with E-state index in [4.69, 9.17) is 10.5 Å². The molecule has 3 heterocycles. The van der Waals surface area contributed by atoms with Gasteiger partial charge in [0, 0.05) is 22.8 Å². The summed E-state index contributed by atoms with van der Waals surface area (Å²) in [6.45, 7) is -1.47. The number of anilines is 1. The number of carbonyl (C=O) groups is 3. The Labute approximate surface area is 204 Å². The molecule has 0 saturated carbocycles. The van der Waals surface area contributed by atoms with Crippen LogP contribution in [0.3, 0.4) is 0 Å². The first-order chi connectivity index (χ1) is 16.8. The van der Waals surface area contributed by atoms with Crippen molar-refractivity contribution in [2.24, 2.45) is 5.16 Å². The quantitative estimate of drug-likeness (QED) is 0.250. The number of benzene rings is 1. The molecule has 2 aliphatic heterocycles. The average Bonchev–Trinajstić information content (AvgIpc) is 3.26. The molecule has 1 saturated heterocycles. The minimum atomic E-state index is -1.34. The van der Waals surface area contributed by atoms with E-state index in [0.29, 0.717) is 5.57 Å². The number of rotatable bonds is 9.